The van der Waals surface area contributed by atoms with Gasteiger partial charge in [0.15, 0.2) is 17.3 Å². The molecule has 51 heavy (non-hydrogen) atoms. The summed E-state index contributed by atoms with van der Waals surface area (Å²) in [4.78, 5) is 66.8. The molecule has 11 heteroatoms. The zero-order chi connectivity index (χ0) is 38.2. The highest BCUT2D eigenvalue weighted by Crippen LogP contribution is 2.37. The SMILES string of the molecule is COC1=C2NC(=O)C=CC=CC=CC(C)C(O)CC(=O)C(C)=CCC(O)C=CC(C)C(O)C(C)C=C(C)C(=O)c3c(O)c(C)cc(c3C1=O)C2=O. The van der Waals surface area contributed by atoms with Crippen molar-refractivity contribution in [3.05, 3.63) is 112 Å². The van der Waals surface area contributed by atoms with E-state index in [0.717, 1.165) is 13.2 Å². The fourth-order valence-corrected chi connectivity index (χ4v) is 5.71. The summed E-state index contributed by atoms with van der Waals surface area (Å²) >= 11 is 0. The van der Waals surface area contributed by atoms with Crippen LogP contribution in [0.15, 0.2) is 89.4 Å². The summed E-state index contributed by atoms with van der Waals surface area (Å²) in [5.41, 5.74) is -0.768. The third-order valence-corrected chi connectivity index (χ3v) is 8.99. The van der Waals surface area contributed by atoms with Gasteiger partial charge in [0.05, 0.1) is 36.5 Å². The van der Waals surface area contributed by atoms with E-state index < -0.39 is 76.2 Å². The van der Waals surface area contributed by atoms with E-state index in [9.17, 15) is 44.4 Å². The number of amides is 1. The van der Waals surface area contributed by atoms with Crippen LogP contribution in [-0.2, 0) is 14.3 Å². The first-order valence-corrected chi connectivity index (χ1v) is 16.7. The summed E-state index contributed by atoms with van der Waals surface area (Å²) in [6.45, 7) is 9.70. The maximum absolute atomic E-state index is 13.9. The normalized spacial score (nSPS) is 26.4. The molecule has 0 saturated heterocycles. The predicted octanol–water partition coefficient (Wildman–Crippen LogP) is 4.71. The molecule has 1 aromatic carbocycles. The number of rotatable bonds is 1. The fraction of sp³-hybridized carbons (Fsp3) is 0.375. The summed E-state index contributed by atoms with van der Waals surface area (Å²) in [5, 5.41) is 45.6. The van der Waals surface area contributed by atoms with Crippen LogP contribution in [0.5, 0.6) is 5.75 Å². The van der Waals surface area contributed by atoms with Gasteiger partial charge in [-0.05, 0) is 50.0 Å². The third kappa shape index (κ3) is 9.84. The Kier molecular flexibility index (Phi) is 14.1. The van der Waals surface area contributed by atoms with Crippen molar-refractivity contribution in [1.82, 2.24) is 5.32 Å². The van der Waals surface area contributed by atoms with Gasteiger partial charge in [-0.2, -0.15) is 0 Å². The van der Waals surface area contributed by atoms with Crippen LogP contribution < -0.4 is 5.32 Å². The molecule has 1 amide bonds. The van der Waals surface area contributed by atoms with Crippen LogP contribution >= 0.6 is 0 Å². The molecule has 0 fully saturated rings. The molecule has 5 N–H and O–H groups in total. The number of hydrogen-bond acceptors (Lipinski definition) is 10. The monoisotopic (exact) mass is 701 g/mol. The minimum absolute atomic E-state index is 0.0879. The third-order valence-electron chi connectivity index (χ3n) is 8.99. The molecule has 0 spiro atoms. The number of aliphatic hydroxyl groups is 3. The van der Waals surface area contributed by atoms with Gasteiger partial charge in [-0.25, -0.2) is 0 Å². The smallest absolute Gasteiger partial charge is 0.248 e. The number of fused-ring (bicyclic) bond motifs is 18. The van der Waals surface area contributed by atoms with Crippen LogP contribution in [-0.4, -0.2) is 74.9 Å². The second-order valence-corrected chi connectivity index (χ2v) is 13.0. The number of aliphatic hydroxyl groups excluding tert-OH is 3. The molecule has 4 rings (SSSR count). The first-order valence-electron chi connectivity index (χ1n) is 16.7. The maximum Gasteiger partial charge on any atom is 0.248 e. The highest BCUT2D eigenvalue weighted by Gasteiger charge is 2.39. The Balaban J connectivity index is 2.08. The van der Waals surface area contributed by atoms with Gasteiger partial charge in [0.1, 0.15) is 11.4 Å². The van der Waals surface area contributed by atoms with E-state index in [1.807, 2.05) is 0 Å². The lowest BCUT2D eigenvalue weighted by atomic mass is 9.82. The number of benzene rings is 1. The predicted molar refractivity (Wildman–Crippen MR) is 192 cm³/mol. The molecule has 1 aromatic rings. The number of nitrogens with one attached hydrogen (secondary N) is 1. The molecule has 2 heterocycles. The molecule has 3 aliphatic rings. The molecular weight excluding hydrogens is 654 g/mol. The van der Waals surface area contributed by atoms with E-state index in [1.54, 1.807) is 58.1 Å². The minimum atomic E-state index is -1.01. The Morgan fingerprint density at radius 2 is 1.43 bits per heavy atom. The summed E-state index contributed by atoms with van der Waals surface area (Å²) in [6.07, 6.45) is 12.3. The number of allylic oxidation sites excluding steroid dienone is 8. The highest BCUT2D eigenvalue weighted by molar-refractivity contribution is 6.31. The van der Waals surface area contributed by atoms with Crippen LogP contribution in [0.3, 0.4) is 0 Å². The summed E-state index contributed by atoms with van der Waals surface area (Å²) in [6, 6.07) is 1.27. The van der Waals surface area contributed by atoms with Crippen molar-refractivity contribution in [2.24, 2.45) is 17.8 Å². The Morgan fingerprint density at radius 1 is 0.765 bits per heavy atom. The van der Waals surface area contributed by atoms with Gasteiger partial charge in [-0.15, -0.1) is 0 Å². The molecule has 0 saturated carbocycles. The second-order valence-electron chi connectivity index (χ2n) is 13.0. The molecule has 0 radical (unpaired) electrons. The van der Waals surface area contributed by atoms with E-state index >= 15 is 0 Å². The minimum Gasteiger partial charge on any atom is -0.507 e. The molecule has 272 valence electrons. The van der Waals surface area contributed by atoms with Crippen LogP contribution in [0.25, 0.3) is 0 Å². The number of ether oxygens (including phenoxy) is 1. The second kappa shape index (κ2) is 17.8. The molecule has 2 aliphatic heterocycles. The zero-order valence-electron chi connectivity index (χ0n) is 30.0. The average Bonchev–Trinajstić information content (AvgIpc) is 3.09. The summed E-state index contributed by atoms with van der Waals surface area (Å²) in [5.74, 6) is -5.93. The van der Waals surface area contributed by atoms with Crippen LogP contribution in [0.1, 0.15) is 84.1 Å². The van der Waals surface area contributed by atoms with E-state index in [-0.39, 0.29) is 46.8 Å². The zero-order valence-corrected chi connectivity index (χ0v) is 30.0. The van der Waals surface area contributed by atoms with Gasteiger partial charge in [-0.1, -0.05) is 75.5 Å². The Labute approximate surface area is 298 Å². The van der Waals surface area contributed by atoms with Gasteiger partial charge >= 0.3 is 0 Å². The number of phenolic OH excluding ortho intramolecular Hbond substituents is 1. The Morgan fingerprint density at radius 3 is 2.10 bits per heavy atom. The van der Waals surface area contributed by atoms with Crippen LogP contribution in [0, 0.1) is 24.7 Å². The number of ketones is 4. The van der Waals surface area contributed by atoms with E-state index in [2.05, 4.69) is 5.32 Å². The van der Waals surface area contributed by atoms with Gasteiger partial charge < -0.3 is 30.5 Å². The Bertz CT molecular complexity index is 1790. The first kappa shape index (κ1) is 40.5. The van der Waals surface area contributed by atoms with Gasteiger partial charge in [0.2, 0.25) is 17.5 Å². The number of carbonyl (C=O) groups excluding carboxylic acids is 5. The standard InChI is InChI=1S/C40H47NO10/c1-21-12-10-8-9-11-13-31(45)41-34-38(49)28-19-26(6)37(48)33(32(28)39(50)40(34)51-7)36(47)25(5)18-24(4)35(46)23(3)15-17-27(42)16-14-22(2)30(44)20-29(21)43/h8-15,17-19,21,23-24,27,29,35,42-43,46,48H,16,20H2,1-7H3,(H,41,45). The largest absolute Gasteiger partial charge is 0.507 e. The quantitative estimate of drug-likeness (QED) is 0.257. The molecule has 0 aromatic heterocycles. The lowest BCUT2D eigenvalue weighted by molar-refractivity contribution is -0.118. The number of methoxy groups -OCH3 is 1. The lowest BCUT2D eigenvalue weighted by Crippen LogP contribution is -2.35. The number of hydrogen-bond donors (Lipinski definition) is 5. The first-order chi connectivity index (χ1) is 24.0. The van der Waals surface area contributed by atoms with Crippen molar-refractivity contribution in [2.75, 3.05) is 7.11 Å². The van der Waals surface area contributed by atoms with Crippen molar-refractivity contribution < 1.29 is 49.1 Å². The van der Waals surface area contributed by atoms with Crippen LogP contribution in [0.4, 0.5) is 0 Å². The van der Waals surface area contributed by atoms with Gasteiger partial charge in [-0.3, -0.25) is 24.0 Å². The fourth-order valence-electron chi connectivity index (χ4n) is 5.71. The number of phenols is 1. The number of aryl methyl sites for hydroxylation is 1. The van der Waals surface area contributed by atoms with Crippen molar-refractivity contribution in [2.45, 2.75) is 72.7 Å². The topological polar surface area (TPSA) is 188 Å². The number of carbonyl (C=O) groups is 5. The van der Waals surface area contributed by atoms with Crippen molar-refractivity contribution in [1.29, 1.82) is 0 Å². The van der Waals surface area contributed by atoms with Crippen molar-refractivity contribution in [3.63, 3.8) is 0 Å². The number of aromatic hydroxyl groups is 1. The van der Waals surface area contributed by atoms with Crippen molar-refractivity contribution in [3.8, 4) is 5.75 Å². The summed E-state index contributed by atoms with van der Waals surface area (Å²) in [7, 11) is 1.14. The molecular formula is C40H47NO10. The average molecular weight is 702 g/mol. The molecule has 1 aliphatic carbocycles. The molecule has 4 bridgehead atoms. The summed E-state index contributed by atoms with van der Waals surface area (Å²) < 4.78 is 5.25. The van der Waals surface area contributed by atoms with Crippen LogP contribution in [0.2, 0.25) is 0 Å². The van der Waals surface area contributed by atoms with Crippen molar-refractivity contribution >= 4 is 29.0 Å². The molecule has 11 nitrogen and oxygen atoms in total. The Hall–Kier alpha value is -4.97. The van der Waals surface area contributed by atoms with E-state index in [1.165, 1.54) is 44.2 Å². The molecule has 6 unspecified atom stereocenters. The molecule has 6 atom stereocenters. The van der Waals surface area contributed by atoms with E-state index in [0.29, 0.717) is 5.57 Å². The van der Waals surface area contributed by atoms with E-state index in [4.69, 9.17) is 4.74 Å². The lowest BCUT2D eigenvalue weighted by Gasteiger charge is -2.24. The highest BCUT2D eigenvalue weighted by atomic mass is 16.5. The number of Topliss-reactive ketones (excluding diaryl/α,β-unsaturated/α-hetero) is 4. The van der Waals surface area contributed by atoms with Gasteiger partial charge in [0.25, 0.3) is 0 Å². The maximum atomic E-state index is 13.9. The van der Waals surface area contributed by atoms with Gasteiger partial charge in [0, 0.05) is 35.8 Å².